The van der Waals surface area contributed by atoms with Gasteiger partial charge in [0, 0.05) is 13.2 Å². The van der Waals surface area contributed by atoms with Crippen molar-refractivity contribution in [1.29, 1.82) is 0 Å². The highest BCUT2D eigenvalue weighted by Gasteiger charge is 2.17. The average molecular weight is 170 g/mol. The van der Waals surface area contributed by atoms with E-state index in [1.165, 1.54) is 25.7 Å². The summed E-state index contributed by atoms with van der Waals surface area (Å²) in [7, 11) is 0. The third kappa shape index (κ3) is 3.57. The van der Waals surface area contributed by atoms with Crippen molar-refractivity contribution < 1.29 is 4.74 Å². The summed E-state index contributed by atoms with van der Waals surface area (Å²) in [5.74, 6) is 1.83. The molecule has 1 fully saturated rings. The van der Waals surface area contributed by atoms with Crippen LogP contribution < -0.4 is 0 Å². The summed E-state index contributed by atoms with van der Waals surface area (Å²) in [6.45, 7) is 6.50. The molecule has 12 heavy (non-hydrogen) atoms. The van der Waals surface area contributed by atoms with Gasteiger partial charge in [-0.15, -0.1) is 0 Å². The third-order valence-corrected chi connectivity index (χ3v) is 2.84. The van der Waals surface area contributed by atoms with Crippen molar-refractivity contribution in [3.63, 3.8) is 0 Å². The van der Waals surface area contributed by atoms with Gasteiger partial charge < -0.3 is 4.74 Å². The first-order valence-electron chi connectivity index (χ1n) is 5.40. The van der Waals surface area contributed by atoms with E-state index in [-0.39, 0.29) is 0 Å². The molecule has 0 spiro atoms. The summed E-state index contributed by atoms with van der Waals surface area (Å²) in [6, 6.07) is 0. The van der Waals surface area contributed by atoms with Crippen LogP contribution in [0.25, 0.3) is 0 Å². The summed E-state index contributed by atoms with van der Waals surface area (Å²) in [5, 5.41) is 0. The molecule has 0 radical (unpaired) electrons. The molecule has 1 aliphatic rings. The lowest BCUT2D eigenvalue weighted by Gasteiger charge is -2.25. The fourth-order valence-corrected chi connectivity index (χ4v) is 1.89. The standard InChI is InChI=1S/C11H22O/c1-3-8-12-9-11-6-4-10(2)5-7-11/h10-11H,3-9H2,1-2H3. The van der Waals surface area contributed by atoms with Crippen molar-refractivity contribution in [2.24, 2.45) is 11.8 Å². The highest BCUT2D eigenvalue weighted by atomic mass is 16.5. The van der Waals surface area contributed by atoms with E-state index in [0.717, 1.165) is 31.5 Å². The molecular weight excluding hydrogens is 148 g/mol. The third-order valence-electron chi connectivity index (χ3n) is 2.84. The maximum atomic E-state index is 5.56. The van der Waals surface area contributed by atoms with Crippen LogP contribution in [-0.4, -0.2) is 13.2 Å². The molecule has 0 heterocycles. The minimum absolute atomic E-state index is 0.868. The molecule has 0 unspecified atom stereocenters. The Bertz CT molecular complexity index is 104. The Labute approximate surface area is 76.5 Å². The molecule has 0 aromatic carbocycles. The summed E-state index contributed by atoms with van der Waals surface area (Å²) >= 11 is 0. The Morgan fingerprint density at radius 1 is 1.17 bits per heavy atom. The van der Waals surface area contributed by atoms with E-state index in [1.807, 2.05) is 0 Å². The molecule has 0 atom stereocenters. The van der Waals surface area contributed by atoms with Gasteiger partial charge >= 0.3 is 0 Å². The molecule has 0 aromatic rings. The van der Waals surface area contributed by atoms with E-state index in [2.05, 4.69) is 13.8 Å². The van der Waals surface area contributed by atoms with Gasteiger partial charge in [-0.1, -0.05) is 26.7 Å². The first kappa shape index (κ1) is 10.0. The normalized spacial score (nSPS) is 30.5. The largest absolute Gasteiger partial charge is 0.381 e. The van der Waals surface area contributed by atoms with E-state index in [9.17, 15) is 0 Å². The second-order valence-electron chi connectivity index (χ2n) is 4.20. The van der Waals surface area contributed by atoms with Gasteiger partial charge in [-0.3, -0.25) is 0 Å². The van der Waals surface area contributed by atoms with Crippen LogP contribution in [-0.2, 0) is 4.74 Å². The van der Waals surface area contributed by atoms with Gasteiger partial charge in [-0.2, -0.15) is 0 Å². The predicted molar refractivity (Wildman–Crippen MR) is 52.2 cm³/mol. The molecule has 1 heteroatoms. The first-order chi connectivity index (χ1) is 5.83. The quantitative estimate of drug-likeness (QED) is 0.588. The van der Waals surface area contributed by atoms with Crippen molar-refractivity contribution in [2.75, 3.05) is 13.2 Å². The van der Waals surface area contributed by atoms with Crippen LogP contribution in [0.5, 0.6) is 0 Å². The van der Waals surface area contributed by atoms with E-state index < -0.39 is 0 Å². The Kier molecular flexibility index (Phi) is 4.67. The van der Waals surface area contributed by atoms with E-state index in [4.69, 9.17) is 4.74 Å². The van der Waals surface area contributed by atoms with Crippen LogP contribution in [0, 0.1) is 11.8 Å². The monoisotopic (exact) mass is 170 g/mol. The number of hydrogen-bond acceptors (Lipinski definition) is 1. The summed E-state index contributed by atoms with van der Waals surface area (Å²) in [4.78, 5) is 0. The van der Waals surface area contributed by atoms with Gasteiger partial charge in [0.15, 0.2) is 0 Å². The van der Waals surface area contributed by atoms with Crippen LogP contribution >= 0.6 is 0 Å². The van der Waals surface area contributed by atoms with Gasteiger partial charge in [0.1, 0.15) is 0 Å². The second-order valence-corrected chi connectivity index (χ2v) is 4.20. The number of hydrogen-bond donors (Lipinski definition) is 0. The highest BCUT2D eigenvalue weighted by Crippen LogP contribution is 2.28. The van der Waals surface area contributed by atoms with Gasteiger partial charge in [-0.25, -0.2) is 0 Å². The molecule has 72 valence electrons. The lowest BCUT2D eigenvalue weighted by Crippen LogP contribution is -2.17. The van der Waals surface area contributed by atoms with Gasteiger partial charge in [0.2, 0.25) is 0 Å². The maximum absolute atomic E-state index is 5.56. The van der Waals surface area contributed by atoms with Crippen LogP contribution in [0.3, 0.4) is 0 Å². The molecule has 0 amide bonds. The highest BCUT2D eigenvalue weighted by molar-refractivity contribution is 4.69. The fourth-order valence-electron chi connectivity index (χ4n) is 1.89. The van der Waals surface area contributed by atoms with Crippen molar-refractivity contribution >= 4 is 0 Å². The molecule has 0 aliphatic heterocycles. The zero-order valence-corrected chi connectivity index (χ0v) is 8.51. The maximum Gasteiger partial charge on any atom is 0.0494 e. The SMILES string of the molecule is CCCOCC1CCC(C)CC1. The van der Waals surface area contributed by atoms with E-state index >= 15 is 0 Å². The fraction of sp³-hybridized carbons (Fsp3) is 1.00. The Balaban J connectivity index is 2.01. The topological polar surface area (TPSA) is 9.23 Å². The molecule has 0 bridgehead atoms. The summed E-state index contributed by atoms with van der Waals surface area (Å²) < 4.78 is 5.56. The van der Waals surface area contributed by atoms with Gasteiger partial charge in [0.05, 0.1) is 0 Å². The molecule has 0 saturated heterocycles. The average Bonchev–Trinajstić information content (AvgIpc) is 2.09. The van der Waals surface area contributed by atoms with Crippen molar-refractivity contribution in [3.05, 3.63) is 0 Å². The molecule has 1 saturated carbocycles. The van der Waals surface area contributed by atoms with Crippen molar-refractivity contribution in [2.45, 2.75) is 46.0 Å². The van der Waals surface area contributed by atoms with Crippen LogP contribution in [0.15, 0.2) is 0 Å². The van der Waals surface area contributed by atoms with Gasteiger partial charge in [0.25, 0.3) is 0 Å². The Morgan fingerprint density at radius 2 is 1.83 bits per heavy atom. The number of ether oxygens (including phenoxy) is 1. The van der Waals surface area contributed by atoms with Gasteiger partial charge in [-0.05, 0) is 31.1 Å². The van der Waals surface area contributed by atoms with Crippen LogP contribution in [0.1, 0.15) is 46.0 Å². The molecular formula is C11H22O. The van der Waals surface area contributed by atoms with Crippen LogP contribution in [0.2, 0.25) is 0 Å². The summed E-state index contributed by atoms with van der Waals surface area (Å²) in [5.41, 5.74) is 0. The molecule has 0 aromatic heterocycles. The predicted octanol–water partition coefficient (Wildman–Crippen LogP) is 3.24. The van der Waals surface area contributed by atoms with Crippen molar-refractivity contribution in [1.82, 2.24) is 0 Å². The zero-order chi connectivity index (χ0) is 8.81. The minimum Gasteiger partial charge on any atom is -0.381 e. The van der Waals surface area contributed by atoms with Crippen LogP contribution in [0.4, 0.5) is 0 Å². The Morgan fingerprint density at radius 3 is 2.42 bits per heavy atom. The van der Waals surface area contributed by atoms with E-state index in [1.54, 1.807) is 0 Å². The summed E-state index contributed by atoms with van der Waals surface area (Å²) in [6.07, 6.45) is 6.78. The second kappa shape index (κ2) is 5.58. The lowest BCUT2D eigenvalue weighted by atomic mass is 9.83. The molecule has 1 nitrogen and oxygen atoms in total. The Hall–Kier alpha value is -0.0400. The zero-order valence-electron chi connectivity index (χ0n) is 8.51. The first-order valence-corrected chi connectivity index (χ1v) is 5.40. The van der Waals surface area contributed by atoms with Crippen molar-refractivity contribution in [3.8, 4) is 0 Å². The van der Waals surface area contributed by atoms with E-state index in [0.29, 0.717) is 0 Å². The molecule has 1 aliphatic carbocycles. The number of rotatable bonds is 4. The minimum atomic E-state index is 0.868. The lowest BCUT2D eigenvalue weighted by molar-refractivity contribution is 0.0796. The smallest absolute Gasteiger partial charge is 0.0494 e. The molecule has 1 rings (SSSR count). The molecule has 0 N–H and O–H groups in total.